The van der Waals surface area contributed by atoms with Crippen LogP contribution in [0.4, 0.5) is 0 Å². The first-order chi connectivity index (χ1) is 23.5. The zero-order valence-electron chi connectivity index (χ0n) is 31.2. The number of esters is 2. The van der Waals surface area contributed by atoms with Gasteiger partial charge in [0.1, 0.15) is 18.0 Å². The molecule has 0 spiro atoms. The minimum absolute atomic E-state index is 0.0883. The molecule has 0 aliphatic heterocycles. The molecule has 0 aliphatic rings. The summed E-state index contributed by atoms with van der Waals surface area (Å²) in [6.45, 7) is 17.5. The molecule has 0 heterocycles. The second-order valence-corrected chi connectivity index (χ2v) is 20.3. The van der Waals surface area contributed by atoms with Gasteiger partial charge in [-0.1, -0.05) is 112 Å². The smallest absolute Gasteiger partial charge is 0.310 e. The summed E-state index contributed by atoms with van der Waals surface area (Å²) in [6.07, 6.45) is 0.670. The summed E-state index contributed by atoms with van der Waals surface area (Å²) in [6, 6.07) is 33.8. The maximum atomic E-state index is 13.9. The van der Waals surface area contributed by atoms with Crippen molar-refractivity contribution in [3.05, 3.63) is 125 Å². The third-order valence-corrected chi connectivity index (χ3v) is 13.9. The number of benzene rings is 4. The molecule has 266 valence electrons. The molecular weight excluding hydrogens is 641 g/mol. The number of carbonyl (C=O) groups is 2. The van der Waals surface area contributed by atoms with Crippen molar-refractivity contribution in [2.24, 2.45) is 11.8 Å². The monoisotopic (exact) mass is 694 g/mol. The molecule has 0 bridgehead atoms. The van der Waals surface area contributed by atoms with Gasteiger partial charge in [-0.25, -0.2) is 0 Å². The highest BCUT2D eigenvalue weighted by Gasteiger charge is 2.38. The second kappa shape index (κ2) is 16.7. The van der Waals surface area contributed by atoms with Gasteiger partial charge in [0, 0.05) is 0 Å². The molecule has 4 aromatic rings. The molecule has 50 heavy (non-hydrogen) atoms. The van der Waals surface area contributed by atoms with Crippen LogP contribution in [0.5, 0.6) is 5.75 Å². The fraction of sp³-hybridized carbons (Fsp3) is 0.395. The van der Waals surface area contributed by atoms with Gasteiger partial charge in [0.2, 0.25) is 0 Å². The average Bonchev–Trinajstić information content (AvgIpc) is 3.08. The molecule has 2 atom stereocenters. The van der Waals surface area contributed by atoms with Crippen LogP contribution in [-0.4, -0.2) is 33.0 Å². The Hall–Kier alpha value is -4.20. The molecule has 4 rings (SSSR count). The molecule has 0 aromatic heterocycles. The highest BCUT2D eigenvalue weighted by atomic mass is 28.4. The summed E-state index contributed by atoms with van der Waals surface area (Å²) >= 11 is 0. The minimum atomic E-state index is -1.83. The van der Waals surface area contributed by atoms with Crippen molar-refractivity contribution in [3.8, 4) is 16.9 Å². The van der Waals surface area contributed by atoms with Crippen molar-refractivity contribution < 1.29 is 28.2 Å². The Kier molecular flexibility index (Phi) is 12.9. The maximum Gasteiger partial charge on any atom is 0.310 e. The van der Waals surface area contributed by atoms with E-state index in [0.717, 1.165) is 39.1 Å². The lowest BCUT2D eigenvalue weighted by Gasteiger charge is -2.36. The Labute approximate surface area is 300 Å². The molecule has 0 fully saturated rings. The SMILES string of the molecule is COc1ccc(COC(=O)[C@H](Cc2ccccc2)[C@H](Cc2ccc(-c3ccc(CO[Si](C)(C)C(C)(C)C)cc3)cc2)C(=O)OC(C)(C)C)cc1. The van der Waals surface area contributed by atoms with Gasteiger partial charge in [0.25, 0.3) is 0 Å². The van der Waals surface area contributed by atoms with Gasteiger partial charge in [-0.2, -0.15) is 0 Å². The van der Waals surface area contributed by atoms with Crippen molar-refractivity contribution in [1.82, 2.24) is 0 Å². The molecule has 0 N–H and O–H groups in total. The fourth-order valence-corrected chi connectivity index (χ4v) is 6.33. The van der Waals surface area contributed by atoms with E-state index < -0.39 is 37.7 Å². The standard InChI is InChI=1S/C43H54O6Si/c1-42(2,3)49-41(45)39(38(27-31-13-11-10-12-14-31)40(44)47-29-33-19-25-37(46-7)26-20-33)28-32-15-21-35(22-16-32)36-23-17-34(18-24-36)30-48-50(8,9)43(4,5)6/h10-26,38-39H,27-30H2,1-9H3/t38-,39+/m1/s1. The van der Waals surface area contributed by atoms with Crippen molar-refractivity contribution in [3.63, 3.8) is 0 Å². The van der Waals surface area contributed by atoms with Gasteiger partial charge < -0.3 is 18.6 Å². The molecule has 0 saturated carbocycles. The first kappa shape index (κ1) is 38.6. The molecular formula is C43H54O6Si. The lowest BCUT2D eigenvalue weighted by Crippen LogP contribution is -2.40. The first-order valence-electron chi connectivity index (χ1n) is 17.4. The number of ether oxygens (including phenoxy) is 3. The molecule has 4 aromatic carbocycles. The highest BCUT2D eigenvalue weighted by molar-refractivity contribution is 6.74. The predicted molar refractivity (Wildman–Crippen MR) is 203 cm³/mol. The number of methoxy groups -OCH3 is 1. The zero-order valence-corrected chi connectivity index (χ0v) is 32.2. The van der Waals surface area contributed by atoms with Crippen LogP contribution in [-0.2, 0) is 49.5 Å². The summed E-state index contributed by atoms with van der Waals surface area (Å²) in [5.41, 5.74) is 5.31. The van der Waals surface area contributed by atoms with Crippen molar-refractivity contribution >= 4 is 20.3 Å². The van der Waals surface area contributed by atoms with Crippen LogP contribution in [0.1, 0.15) is 63.8 Å². The van der Waals surface area contributed by atoms with E-state index in [0.29, 0.717) is 19.4 Å². The summed E-state index contributed by atoms with van der Waals surface area (Å²) in [5, 5.41) is 0.163. The van der Waals surface area contributed by atoms with E-state index in [1.54, 1.807) is 7.11 Å². The molecule has 7 heteroatoms. The fourth-order valence-electron chi connectivity index (χ4n) is 5.37. The quantitative estimate of drug-likeness (QED) is 0.0967. The van der Waals surface area contributed by atoms with Crippen LogP contribution in [0.2, 0.25) is 18.1 Å². The Morgan fingerprint density at radius 1 is 0.600 bits per heavy atom. The third-order valence-electron chi connectivity index (χ3n) is 9.44. The predicted octanol–water partition coefficient (Wildman–Crippen LogP) is 9.99. The van der Waals surface area contributed by atoms with E-state index in [1.165, 1.54) is 0 Å². The largest absolute Gasteiger partial charge is 0.497 e. The third kappa shape index (κ3) is 11.2. The topological polar surface area (TPSA) is 71.1 Å². The van der Waals surface area contributed by atoms with Crippen LogP contribution in [0.15, 0.2) is 103 Å². The summed E-state index contributed by atoms with van der Waals surface area (Å²) < 4.78 is 23.5. The Bertz CT molecular complexity index is 1670. The van der Waals surface area contributed by atoms with E-state index in [2.05, 4.69) is 70.3 Å². The van der Waals surface area contributed by atoms with E-state index >= 15 is 0 Å². The van der Waals surface area contributed by atoms with Gasteiger partial charge in [-0.3, -0.25) is 9.59 Å². The van der Waals surface area contributed by atoms with Crippen molar-refractivity contribution in [2.75, 3.05) is 7.11 Å². The summed E-state index contributed by atoms with van der Waals surface area (Å²) in [4.78, 5) is 27.8. The van der Waals surface area contributed by atoms with Crippen LogP contribution < -0.4 is 4.74 Å². The molecule has 0 amide bonds. The maximum absolute atomic E-state index is 13.9. The molecule has 0 radical (unpaired) electrons. The van der Waals surface area contributed by atoms with Crippen LogP contribution in [0.3, 0.4) is 0 Å². The zero-order chi connectivity index (χ0) is 36.5. The molecule has 0 saturated heterocycles. The summed E-state index contributed by atoms with van der Waals surface area (Å²) in [7, 11) is -0.225. The molecule has 6 nitrogen and oxygen atoms in total. The highest BCUT2D eigenvalue weighted by Crippen LogP contribution is 2.37. The number of hydrogen-bond acceptors (Lipinski definition) is 6. The van der Waals surface area contributed by atoms with Gasteiger partial charge in [-0.15, -0.1) is 0 Å². The second-order valence-electron chi connectivity index (χ2n) is 15.5. The normalized spacial score (nSPS) is 13.3. The Morgan fingerprint density at radius 3 is 1.56 bits per heavy atom. The van der Waals surface area contributed by atoms with Crippen LogP contribution in [0, 0.1) is 11.8 Å². The van der Waals surface area contributed by atoms with E-state index in [9.17, 15) is 9.59 Å². The van der Waals surface area contributed by atoms with Crippen LogP contribution in [0.25, 0.3) is 11.1 Å². The number of rotatable bonds is 14. The number of hydrogen-bond donors (Lipinski definition) is 0. The summed E-state index contributed by atoms with van der Waals surface area (Å²) in [5.74, 6) is -1.65. The Balaban J connectivity index is 1.55. The van der Waals surface area contributed by atoms with Gasteiger partial charge in [0.05, 0.1) is 25.6 Å². The number of carbonyl (C=O) groups excluding carboxylic acids is 2. The minimum Gasteiger partial charge on any atom is -0.497 e. The lowest BCUT2D eigenvalue weighted by atomic mass is 9.82. The molecule has 0 aliphatic carbocycles. The van der Waals surface area contributed by atoms with Crippen molar-refractivity contribution in [2.45, 2.75) is 91.3 Å². The van der Waals surface area contributed by atoms with E-state index in [1.807, 2.05) is 87.5 Å². The van der Waals surface area contributed by atoms with E-state index in [4.69, 9.17) is 18.6 Å². The first-order valence-corrected chi connectivity index (χ1v) is 20.3. The van der Waals surface area contributed by atoms with E-state index in [-0.39, 0.29) is 11.6 Å². The van der Waals surface area contributed by atoms with Crippen molar-refractivity contribution in [1.29, 1.82) is 0 Å². The van der Waals surface area contributed by atoms with Gasteiger partial charge in [-0.05, 0) is 97.3 Å². The van der Waals surface area contributed by atoms with Gasteiger partial charge in [0.15, 0.2) is 8.32 Å². The molecule has 0 unspecified atom stereocenters. The van der Waals surface area contributed by atoms with Gasteiger partial charge >= 0.3 is 11.9 Å². The lowest BCUT2D eigenvalue weighted by molar-refractivity contribution is -0.168. The average molecular weight is 695 g/mol. The Morgan fingerprint density at radius 2 is 1.06 bits per heavy atom. The van der Waals surface area contributed by atoms with Crippen LogP contribution >= 0.6 is 0 Å².